The van der Waals surface area contributed by atoms with E-state index in [-0.39, 0.29) is 29.8 Å². The lowest BCUT2D eigenvalue weighted by molar-refractivity contribution is 0.0522. The topological polar surface area (TPSA) is 109 Å². The fourth-order valence-electron chi connectivity index (χ4n) is 3.43. The summed E-state index contributed by atoms with van der Waals surface area (Å²) < 4.78 is 10.7. The van der Waals surface area contributed by atoms with Crippen molar-refractivity contribution in [3.8, 4) is 0 Å². The smallest absolute Gasteiger partial charge is 0.338 e. The third-order valence-electron chi connectivity index (χ3n) is 5.06. The summed E-state index contributed by atoms with van der Waals surface area (Å²) in [5, 5.41) is 3.29. The Labute approximate surface area is 180 Å². The number of aromatic amines is 1. The molecule has 1 aliphatic heterocycles. The molecule has 1 saturated heterocycles. The minimum atomic E-state index is -0.379. The molecule has 2 atom stereocenters. The number of rotatable bonds is 7. The lowest BCUT2D eigenvalue weighted by Crippen LogP contribution is -2.55. The maximum Gasteiger partial charge on any atom is 0.338 e. The molecule has 162 valence electrons. The molecule has 1 fully saturated rings. The van der Waals surface area contributed by atoms with Gasteiger partial charge in [-0.25, -0.2) is 14.8 Å². The number of esters is 1. The molecule has 2 unspecified atom stereocenters. The van der Waals surface area contributed by atoms with Crippen molar-refractivity contribution in [3.63, 3.8) is 0 Å². The molecule has 0 radical (unpaired) electrons. The number of nitrogens with zero attached hydrogens (tertiary/aromatic N) is 3. The summed E-state index contributed by atoms with van der Waals surface area (Å²) in [6.07, 6.45) is 2.64. The lowest BCUT2D eigenvalue weighted by atomic mass is 10.0. The molecular formula is C20H26ClN5O4. The summed E-state index contributed by atoms with van der Waals surface area (Å²) in [6, 6.07) is 3.14. The van der Waals surface area contributed by atoms with Gasteiger partial charge in [0.15, 0.2) is 11.0 Å². The fraction of sp³-hybridized carbons (Fsp3) is 0.500. The molecule has 1 aliphatic rings. The molecule has 1 amide bonds. The molecule has 0 aliphatic carbocycles. The summed E-state index contributed by atoms with van der Waals surface area (Å²) >= 11 is 6.04. The van der Waals surface area contributed by atoms with E-state index in [4.69, 9.17) is 21.1 Å². The number of ether oxygens (including phenoxy) is 2. The van der Waals surface area contributed by atoms with Crippen LogP contribution < -0.4 is 10.2 Å². The van der Waals surface area contributed by atoms with E-state index < -0.39 is 0 Å². The SMILES string of the molecule is CCOC(=O)c1ccnc(N2CCC(NC(=O)c3nc(Cl)c(CC)[nH]3)C(OC)C2)c1. The van der Waals surface area contributed by atoms with Crippen LogP contribution in [-0.2, 0) is 15.9 Å². The molecule has 9 nitrogen and oxygen atoms in total. The number of methoxy groups -OCH3 is 1. The number of hydrogen-bond acceptors (Lipinski definition) is 7. The summed E-state index contributed by atoms with van der Waals surface area (Å²) in [7, 11) is 1.61. The van der Waals surface area contributed by atoms with Crippen molar-refractivity contribution in [2.24, 2.45) is 0 Å². The monoisotopic (exact) mass is 435 g/mol. The highest BCUT2D eigenvalue weighted by Crippen LogP contribution is 2.21. The highest BCUT2D eigenvalue weighted by molar-refractivity contribution is 6.30. The predicted octanol–water partition coefficient (Wildman–Crippen LogP) is 2.22. The van der Waals surface area contributed by atoms with Crippen LogP contribution >= 0.6 is 11.6 Å². The molecule has 3 heterocycles. The van der Waals surface area contributed by atoms with Gasteiger partial charge in [0.2, 0.25) is 0 Å². The molecule has 30 heavy (non-hydrogen) atoms. The maximum atomic E-state index is 12.6. The predicted molar refractivity (Wildman–Crippen MR) is 112 cm³/mol. The average molecular weight is 436 g/mol. The number of pyridine rings is 1. The van der Waals surface area contributed by atoms with Gasteiger partial charge in [0.1, 0.15) is 5.82 Å². The number of aromatic nitrogens is 3. The molecule has 0 saturated carbocycles. The van der Waals surface area contributed by atoms with Crippen LogP contribution in [0.4, 0.5) is 5.82 Å². The quantitative estimate of drug-likeness (QED) is 0.641. The second kappa shape index (κ2) is 9.90. The number of imidazole rings is 1. The summed E-state index contributed by atoms with van der Waals surface area (Å²) in [6.45, 7) is 5.17. The van der Waals surface area contributed by atoms with E-state index >= 15 is 0 Å². The number of piperidine rings is 1. The van der Waals surface area contributed by atoms with E-state index in [1.807, 2.05) is 11.8 Å². The second-order valence-electron chi connectivity index (χ2n) is 6.92. The van der Waals surface area contributed by atoms with E-state index in [0.29, 0.717) is 49.1 Å². The van der Waals surface area contributed by atoms with Gasteiger partial charge < -0.3 is 24.7 Å². The molecule has 0 aromatic carbocycles. The maximum absolute atomic E-state index is 12.6. The number of anilines is 1. The zero-order valence-corrected chi connectivity index (χ0v) is 18.0. The first-order chi connectivity index (χ1) is 14.5. The molecular weight excluding hydrogens is 410 g/mol. The van der Waals surface area contributed by atoms with Crippen LogP contribution in [0.3, 0.4) is 0 Å². The zero-order valence-electron chi connectivity index (χ0n) is 17.3. The first kappa shape index (κ1) is 22.0. The number of carbonyl (C=O) groups is 2. The molecule has 2 aromatic rings. The Balaban J connectivity index is 1.67. The van der Waals surface area contributed by atoms with Crippen LogP contribution in [0, 0.1) is 0 Å². The number of H-pyrrole nitrogens is 1. The van der Waals surface area contributed by atoms with Crippen LogP contribution in [0.5, 0.6) is 0 Å². The van der Waals surface area contributed by atoms with E-state index in [0.717, 1.165) is 5.69 Å². The van der Waals surface area contributed by atoms with E-state index in [9.17, 15) is 9.59 Å². The van der Waals surface area contributed by atoms with Crippen molar-refractivity contribution >= 4 is 29.3 Å². The van der Waals surface area contributed by atoms with Gasteiger partial charge in [0.05, 0.1) is 30.0 Å². The van der Waals surface area contributed by atoms with E-state index in [1.54, 1.807) is 32.4 Å². The summed E-state index contributed by atoms with van der Waals surface area (Å²) in [5.41, 5.74) is 1.18. The fourth-order valence-corrected chi connectivity index (χ4v) is 3.69. The van der Waals surface area contributed by atoms with Gasteiger partial charge >= 0.3 is 5.97 Å². The number of aryl methyl sites for hydroxylation is 1. The van der Waals surface area contributed by atoms with Gasteiger partial charge in [-0.3, -0.25) is 4.79 Å². The Kier molecular flexibility index (Phi) is 7.28. The number of halogens is 1. The van der Waals surface area contributed by atoms with Gasteiger partial charge in [-0.2, -0.15) is 0 Å². The van der Waals surface area contributed by atoms with Gasteiger partial charge in [-0.1, -0.05) is 18.5 Å². The Bertz CT molecular complexity index is 903. The van der Waals surface area contributed by atoms with Crippen LogP contribution in [0.15, 0.2) is 18.3 Å². The van der Waals surface area contributed by atoms with Crippen LogP contribution in [0.1, 0.15) is 46.9 Å². The van der Waals surface area contributed by atoms with Crippen molar-refractivity contribution in [3.05, 3.63) is 40.6 Å². The van der Waals surface area contributed by atoms with Crippen molar-refractivity contribution in [2.45, 2.75) is 38.8 Å². The van der Waals surface area contributed by atoms with Crippen LogP contribution in [0.25, 0.3) is 0 Å². The Morgan fingerprint density at radius 1 is 1.40 bits per heavy atom. The van der Waals surface area contributed by atoms with Crippen LogP contribution in [0.2, 0.25) is 5.15 Å². The van der Waals surface area contributed by atoms with Gasteiger partial charge in [0.25, 0.3) is 5.91 Å². The average Bonchev–Trinajstić information content (AvgIpc) is 3.15. The molecule has 0 bridgehead atoms. The third kappa shape index (κ3) is 4.91. The lowest BCUT2D eigenvalue weighted by Gasteiger charge is -2.38. The standard InChI is InChI=1S/C20H26ClN5O4/c1-4-13-17(21)25-18(23-13)19(27)24-14-7-9-26(11-15(14)29-3)16-10-12(6-8-22-16)20(28)30-5-2/h6,8,10,14-15H,4-5,7,9,11H2,1-3H3,(H,23,25)(H,24,27). The minimum Gasteiger partial charge on any atom is -0.462 e. The highest BCUT2D eigenvalue weighted by atomic mass is 35.5. The first-order valence-electron chi connectivity index (χ1n) is 9.92. The van der Waals surface area contributed by atoms with Crippen molar-refractivity contribution in [1.29, 1.82) is 0 Å². The molecule has 10 heteroatoms. The number of amides is 1. The Morgan fingerprint density at radius 2 is 2.20 bits per heavy atom. The third-order valence-corrected chi connectivity index (χ3v) is 5.37. The van der Waals surface area contributed by atoms with Gasteiger partial charge in [0, 0.05) is 26.4 Å². The molecule has 2 aromatic heterocycles. The number of hydrogen-bond donors (Lipinski definition) is 2. The van der Waals surface area contributed by atoms with E-state index in [1.165, 1.54) is 0 Å². The van der Waals surface area contributed by atoms with E-state index in [2.05, 4.69) is 20.3 Å². The Morgan fingerprint density at radius 3 is 2.87 bits per heavy atom. The van der Waals surface area contributed by atoms with Crippen molar-refractivity contribution in [1.82, 2.24) is 20.3 Å². The van der Waals surface area contributed by atoms with Crippen LogP contribution in [-0.4, -0.2) is 65.8 Å². The molecule has 3 rings (SSSR count). The number of nitrogens with one attached hydrogen (secondary N) is 2. The molecule has 2 N–H and O–H groups in total. The van der Waals surface area contributed by atoms with Gasteiger partial charge in [-0.15, -0.1) is 0 Å². The highest BCUT2D eigenvalue weighted by Gasteiger charge is 2.32. The first-order valence-corrected chi connectivity index (χ1v) is 10.3. The second-order valence-corrected chi connectivity index (χ2v) is 7.28. The van der Waals surface area contributed by atoms with Crippen molar-refractivity contribution < 1.29 is 19.1 Å². The number of carbonyl (C=O) groups excluding carboxylic acids is 2. The largest absolute Gasteiger partial charge is 0.462 e. The minimum absolute atomic E-state index is 0.193. The summed E-state index contributed by atoms with van der Waals surface area (Å²) in [5.74, 6) is 0.158. The molecule has 0 spiro atoms. The summed E-state index contributed by atoms with van der Waals surface area (Å²) in [4.78, 5) is 38.0. The normalized spacial score (nSPS) is 18.9. The zero-order chi connectivity index (χ0) is 21.7. The van der Waals surface area contributed by atoms with Crippen molar-refractivity contribution in [2.75, 3.05) is 31.7 Å². The Hall–Kier alpha value is -2.65. The van der Waals surface area contributed by atoms with Gasteiger partial charge in [-0.05, 0) is 31.9 Å².